The molecular weight excluding hydrogens is 686 g/mol. The largest absolute Gasteiger partial charge is 0.493 e. The number of nitrogens with one attached hydrogen (secondary N) is 2. The van der Waals surface area contributed by atoms with Crippen molar-refractivity contribution in [2.24, 2.45) is 0 Å². The highest BCUT2D eigenvalue weighted by molar-refractivity contribution is 9.11. The van der Waals surface area contributed by atoms with Crippen LogP contribution in [-0.4, -0.2) is 44.1 Å². The van der Waals surface area contributed by atoms with Crippen LogP contribution in [0.3, 0.4) is 0 Å². The van der Waals surface area contributed by atoms with Gasteiger partial charge in [0.15, 0.2) is 18.1 Å². The number of urea groups is 1. The summed E-state index contributed by atoms with van der Waals surface area (Å²) in [6, 6.07) is 12.6. The first-order chi connectivity index (χ1) is 20.5. The second kappa shape index (κ2) is 13.9. The summed E-state index contributed by atoms with van der Waals surface area (Å²) in [6.45, 7) is 6.07. The van der Waals surface area contributed by atoms with Crippen LogP contribution in [0.5, 0.6) is 17.2 Å². The Morgan fingerprint density at radius 1 is 1.00 bits per heavy atom. The first-order valence-corrected chi connectivity index (χ1v) is 14.8. The van der Waals surface area contributed by atoms with Gasteiger partial charge in [0.05, 0.1) is 28.3 Å². The fourth-order valence-electron chi connectivity index (χ4n) is 4.20. The average molecular weight is 715 g/mol. The van der Waals surface area contributed by atoms with Crippen LogP contribution in [0.4, 0.5) is 16.2 Å². The van der Waals surface area contributed by atoms with Gasteiger partial charge in [-0.25, -0.2) is 9.69 Å². The molecule has 1 heterocycles. The van der Waals surface area contributed by atoms with Crippen LogP contribution in [-0.2, 0) is 14.4 Å². The van der Waals surface area contributed by atoms with Gasteiger partial charge >= 0.3 is 6.03 Å². The number of carbonyl (C=O) groups is 4. The zero-order chi connectivity index (χ0) is 31.3. The smallest absolute Gasteiger partial charge is 0.335 e. The highest BCUT2D eigenvalue weighted by Crippen LogP contribution is 2.37. The van der Waals surface area contributed by atoms with Gasteiger partial charge in [0, 0.05) is 11.8 Å². The highest BCUT2D eigenvalue weighted by Gasteiger charge is 2.37. The molecule has 0 saturated carbocycles. The number of amides is 5. The van der Waals surface area contributed by atoms with Gasteiger partial charge in [-0.2, -0.15) is 0 Å². The predicted molar refractivity (Wildman–Crippen MR) is 170 cm³/mol. The van der Waals surface area contributed by atoms with Crippen molar-refractivity contribution in [3.8, 4) is 17.2 Å². The second-order valence-corrected chi connectivity index (χ2v) is 11.2. The molecule has 5 amide bonds. The zero-order valence-corrected chi connectivity index (χ0v) is 27.1. The van der Waals surface area contributed by atoms with E-state index in [0.29, 0.717) is 44.1 Å². The van der Waals surface area contributed by atoms with Gasteiger partial charge < -0.3 is 19.5 Å². The maximum Gasteiger partial charge on any atom is 0.335 e. The standard InChI is InChI=1S/C31H29Br2N3O7/c1-5-11-42-25-10-9-20(15-26(25)41-4)36-30(39)21(29(38)35-31(36)40)12-19-13-22(32)28(23(33)14-19)43-16-27(37)34-24-8-6-7-17(2)18(24)3/h6-10,12-15H,5,11,16H2,1-4H3,(H,34,37)(H,35,38,40)/b21-12-. The number of aryl methyl sites for hydroxylation is 1. The minimum absolute atomic E-state index is 0.201. The molecule has 3 aromatic carbocycles. The maximum absolute atomic E-state index is 13.4. The molecule has 10 nitrogen and oxygen atoms in total. The Morgan fingerprint density at radius 2 is 1.72 bits per heavy atom. The molecule has 0 aliphatic carbocycles. The van der Waals surface area contributed by atoms with Crippen LogP contribution < -0.4 is 29.7 Å². The van der Waals surface area contributed by atoms with Gasteiger partial charge in [0.1, 0.15) is 11.3 Å². The van der Waals surface area contributed by atoms with Gasteiger partial charge in [-0.05, 0) is 105 Å². The van der Waals surface area contributed by atoms with E-state index < -0.39 is 17.8 Å². The molecule has 1 aliphatic heterocycles. The highest BCUT2D eigenvalue weighted by atomic mass is 79.9. The van der Waals surface area contributed by atoms with Crippen molar-refractivity contribution >= 4 is 73.1 Å². The van der Waals surface area contributed by atoms with Crippen molar-refractivity contribution in [3.63, 3.8) is 0 Å². The van der Waals surface area contributed by atoms with Gasteiger partial charge in [0.25, 0.3) is 17.7 Å². The number of nitrogens with zero attached hydrogens (tertiary/aromatic N) is 1. The number of imide groups is 2. The van der Waals surface area contributed by atoms with Crippen molar-refractivity contribution in [1.82, 2.24) is 5.32 Å². The molecule has 2 N–H and O–H groups in total. The number of rotatable bonds is 10. The molecule has 224 valence electrons. The third-order valence-corrected chi connectivity index (χ3v) is 7.70. The monoisotopic (exact) mass is 713 g/mol. The molecule has 0 spiro atoms. The van der Waals surface area contributed by atoms with E-state index >= 15 is 0 Å². The molecule has 1 fully saturated rings. The number of hydrogen-bond acceptors (Lipinski definition) is 7. The molecule has 43 heavy (non-hydrogen) atoms. The van der Waals surface area contributed by atoms with E-state index in [9.17, 15) is 19.2 Å². The number of methoxy groups -OCH3 is 1. The number of barbiturate groups is 1. The predicted octanol–water partition coefficient (Wildman–Crippen LogP) is 6.31. The lowest BCUT2D eigenvalue weighted by molar-refractivity contribution is -0.122. The summed E-state index contributed by atoms with van der Waals surface area (Å²) >= 11 is 6.88. The Morgan fingerprint density at radius 3 is 2.40 bits per heavy atom. The number of halogens is 2. The topological polar surface area (TPSA) is 123 Å². The first-order valence-electron chi connectivity index (χ1n) is 13.2. The molecule has 4 rings (SSSR count). The lowest BCUT2D eigenvalue weighted by atomic mass is 10.1. The van der Waals surface area contributed by atoms with E-state index in [4.69, 9.17) is 14.2 Å². The summed E-state index contributed by atoms with van der Waals surface area (Å²) in [5, 5.41) is 5.05. The molecule has 0 radical (unpaired) electrons. The fraction of sp³-hybridized carbons (Fsp3) is 0.226. The Hall–Kier alpha value is -4.16. The second-order valence-electron chi connectivity index (χ2n) is 9.54. The summed E-state index contributed by atoms with van der Waals surface area (Å²) in [5.74, 6) is -0.836. The van der Waals surface area contributed by atoms with Crippen molar-refractivity contribution in [2.75, 3.05) is 30.5 Å². The van der Waals surface area contributed by atoms with Crippen LogP contribution in [0.2, 0.25) is 0 Å². The Kier molecular flexibility index (Phi) is 10.3. The molecule has 12 heteroatoms. The number of ether oxygens (including phenoxy) is 3. The van der Waals surface area contributed by atoms with Crippen molar-refractivity contribution in [1.29, 1.82) is 0 Å². The van der Waals surface area contributed by atoms with Crippen LogP contribution >= 0.6 is 31.9 Å². The van der Waals surface area contributed by atoms with Gasteiger partial charge in [-0.1, -0.05) is 19.1 Å². The summed E-state index contributed by atoms with van der Waals surface area (Å²) in [5.41, 5.74) is 3.13. The molecule has 0 atom stereocenters. The van der Waals surface area contributed by atoms with E-state index in [-0.39, 0.29) is 23.8 Å². The molecule has 1 saturated heterocycles. The normalized spacial score (nSPS) is 14.0. The summed E-state index contributed by atoms with van der Waals surface area (Å²) < 4.78 is 17.7. The Balaban J connectivity index is 1.53. The van der Waals surface area contributed by atoms with Gasteiger partial charge in [-0.3, -0.25) is 19.7 Å². The van der Waals surface area contributed by atoms with Crippen LogP contribution in [0.25, 0.3) is 6.08 Å². The van der Waals surface area contributed by atoms with E-state index in [1.54, 1.807) is 18.2 Å². The molecular formula is C31H29Br2N3O7. The van der Waals surface area contributed by atoms with E-state index in [0.717, 1.165) is 22.4 Å². The molecule has 1 aliphatic rings. The summed E-state index contributed by atoms with van der Waals surface area (Å²) in [7, 11) is 1.45. The zero-order valence-electron chi connectivity index (χ0n) is 23.9. The van der Waals surface area contributed by atoms with Gasteiger partial charge in [0.2, 0.25) is 0 Å². The number of anilines is 2. The van der Waals surface area contributed by atoms with Crippen molar-refractivity contribution in [3.05, 3.63) is 79.7 Å². The molecule has 0 bridgehead atoms. The SMILES string of the molecule is CCCOc1ccc(N2C(=O)NC(=O)/C(=C/c3cc(Br)c(OCC(=O)Nc4cccc(C)c4C)c(Br)c3)C2=O)cc1OC. The third-order valence-electron chi connectivity index (χ3n) is 6.53. The van der Waals surface area contributed by atoms with E-state index in [2.05, 4.69) is 42.5 Å². The fourth-order valence-corrected chi connectivity index (χ4v) is 5.65. The quantitative estimate of drug-likeness (QED) is 0.186. The van der Waals surface area contributed by atoms with E-state index in [1.165, 1.54) is 25.3 Å². The Labute approximate surface area is 265 Å². The van der Waals surface area contributed by atoms with Crippen LogP contribution in [0.15, 0.2) is 63.0 Å². The van der Waals surface area contributed by atoms with Crippen molar-refractivity contribution < 1.29 is 33.4 Å². The maximum atomic E-state index is 13.4. The van der Waals surface area contributed by atoms with Gasteiger partial charge in [-0.15, -0.1) is 0 Å². The first kappa shape index (κ1) is 31.8. The number of hydrogen-bond donors (Lipinski definition) is 2. The van der Waals surface area contributed by atoms with Crippen LogP contribution in [0.1, 0.15) is 30.0 Å². The average Bonchev–Trinajstić information content (AvgIpc) is 2.96. The minimum atomic E-state index is -0.887. The lowest BCUT2D eigenvalue weighted by Gasteiger charge is -2.27. The molecule has 3 aromatic rings. The van der Waals surface area contributed by atoms with Crippen LogP contribution in [0, 0.1) is 13.8 Å². The van der Waals surface area contributed by atoms with Crippen molar-refractivity contribution in [2.45, 2.75) is 27.2 Å². The lowest BCUT2D eigenvalue weighted by Crippen LogP contribution is -2.54. The minimum Gasteiger partial charge on any atom is -0.493 e. The summed E-state index contributed by atoms with van der Waals surface area (Å²) in [4.78, 5) is 52.3. The third kappa shape index (κ3) is 7.26. The summed E-state index contributed by atoms with van der Waals surface area (Å²) in [6.07, 6.45) is 2.15. The molecule has 0 unspecified atom stereocenters. The number of carbonyl (C=O) groups excluding carboxylic acids is 4. The van der Waals surface area contributed by atoms with E-state index in [1.807, 2.05) is 39.0 Å². The Bertz CT molecular complexity index is 1610. The number of benzene rings is 3. The molecule has 0 aromatic heterocycles.